The molecule has 1 aliphatic rings. The third-order valence-electron chi connectivity index (χ3n) is 5.37. The van der Waals surface area contributed by atoms with Gasteiger partial charge in [-0.25, -0.2) is 0 Å². The van der Waals surface area contributed by atoms with Crippen molar-refractivity contribution in [3.8, 4) is 22.9 Å². The number of rotatable bonds is 6. The molecule has 29 heavy (non-hydrogen) atoms. The summed E-state index contributed by atoms with van der Waals surface area (Å²) in [6.07, 6.45) is 5.75. The van der Waals surface area contributed by atoms with Crippen molar-refractivity contribution < 1.29 is 14.0 Å². The normalized spacial score (nSPS) is 14.5. The van der Waals surface area contributed by atoms with E-state index in [1.807, 2.05) is 18.2 Å². The van der Waals surface area contributed by atoms with Crippen molar-refractivity contribution in [1.82, 2.24) is 10.1 Å². The van der Waals surface area contributed by atoms with E-state index in [2.05, 4.69) is 39.3 Å². The molecule has 6 nitrogen and oxygen atoms in total. The minimum Gasteiger partial charge on any atom is -0.493 e. The highest BCUT2D eigenvalue weighted by Crippen LogP contribution is 2.29. The summed E-state index contributed by atoms with van der Waals surface area (Å²) in [7, 11) is 3.25. The molecule has 1 fully saturated rings. The second-order valence-electron chi connectivity index (χ2n) is 7.33. The lowest BCUT2D eigenvalue weighted by Crippen LogP contribution is -2.23. The number of hydrogen-bond acceptors (Lipinski definition) is 6. The molecule has 0 spiro atoms. The Balaban J connectivity index is 1.46. The second kappa shape index (κ2) is 8.99. The van der Waals surface area contributed by atoms with Crippen molar-refractivity contribution in [1.29, 1.82) is 0 Å². The highest BCUT2D eigenvalue weighted by Gasteiger charge is 2.13. The Labute approximate surface area is 171 Å². The van der Waals surface area contributed by atoms with E-state index in [1.54, 1.807) is 14.2 Å². The van der Waals surface area contributed by atoms with Crippen LogP contribution in [0, 0.1) is 0 Å². The number of nitrogens with zero attached hydrogens (tertiary/aromatic N) is 3. The Hall–Kier alpha value is -3.02. The largest absolute Gasteiger partial charge is 0.493 e. The fourth-order valence-electron chi connectivity index (χ4n) is 3.76. The molecular formula is C23H27N3O3. The van der Waals surface area contributed by atoms with E-state index in [-0.39, 0.29) is 0 Å². The van der Waals surface area contributed by atoms with Gasteiger partial charge < -0.3 is 18.9 Å². The van der Waals surface area contributed by atoms with Crippen molar-refractivity contribution >= 4 is 5.69 Å². The molecule has 0 saturated carbocycles. The summed E-state index contributed by atoms with van der Waals surface area (Å²) in [6.45, 7) is 2.27. The molecule has 1 saturated heterocycles. The smallest absolute Gasteiger partial charge is 0.231 e. The van der Waals surface area contributed by atoms with E-state index in [0.717, 1.165) is 24.2 Å². The second-order valence-corrected chi connectivity index (χ2v) is 7.33. The molecule has 2 heterocycles. The Morgan fingerprint density at radius 2 is 1.62 bits per heavy atom. The van der Waals surface area contributed by atoms with Gasteiger partial charge in [0.2, 0.25) is 11.7 Å². The minimum atomic E-state index is 0.541. The number of hydrogen-bond donors (Lipinski definition) is 0. The van der Waals surface area contributed by atoms with E-state index < -0.39 is 0 Å². The van der Waals surface area contributed by atoms with E-state index >= 15 is 0 Å². The number of anilines is 1. The van der Waals surface area contributed by atoms with E-state index in [9.17, 15) is 0 Å². The van der Waals surface area contributed by atoms with Crippen molar-refractivity contribution in [2.24, 2.45) is 0 Å². The van der Waals surface area contributed by atoms with Crippen LogP contribution in [0.3, 0.4) is 0 Å². The topological polar surface area (TPSA) is 60.6 Å². The van der Waals surface area contributed by atoms with Gasteiger partial charge in [0.05, 0.1) is 20.6 Å². The molecule has 152 valence electrons. The van der Waals surface area contributed by atoms with Gasteiger partial charge in [-0.05, 0) is 54.8 Å². The zero-order valence-electron chi connectivity index (χ0n) is 17.1. The van der Waals surface area contributed by atoms with E-state index in [1.165, 1.54) is 31.4 Å². The zero-order valence-corrected chi connectivity index (χ0v) is 17.1. The van der Waals surface area contributed by atoms with Crippen molar-refractivity contribution in [2.75, 3.05) is 32.2 Å². The molecular weight excluding hydrogens is 366 g/mol. The predicted molar refractivity (Wildman–Crippen MR) is 113 cm³/mol. The maximum atomic E-state index is 5.47. The first-order chi connectivity index (χ1) is 14.3. The van der Waals surface area contributed by atoms with Crippen LogP contribution in [0.4, 0.5) is 5.69 Å². The Morgan fingerprint density at radius 3 is 2.31 bits per heavy atom. The average Bonchev–Trinajstić information content (AvgIpc) is 3.05. The summed E-state index contributed by atoms with van der Waals surface area (Å²) in [5, 5.41) is 4.16. The number of methoxy groups -OCH3 is 2. The monoisotopic (exact) mass is 393 g/mol. The molecule has 0 amide bonds. The Morgan fingerprint density at radius 1 is 0.897 bits per heavy atom. The van der Waals surface area contributed by atoms with E-state index in [4.69, 9.17) is 14.0 Å². The molecule has 0 N–H and O–H groups in total. The molecule has 0 unspecified atom stereocenters. The van der Waals surface area contributed by atoms with Crippen LogP contribution in [0.1, 0.15) is 37.1 Å². The first-order valence-electron chi connectivity index (χ1n) is 10.2. The zero-order chi connectivity index (χ0) is 20.1. The molecule has 0 radical (unpaired) electrons. The van der Waals surface area contributed by atoms with Gasteiger partial charge in [-0.1, -0.05) is 24.1 Å². The first kappa shape index (κ1) is 19.3. The van der Waals surface area contributed by atoms with Crippen molar-refractivity contribution in [2.45, 2.75) is 32.1 Å². The van der Waals surface area contributed by atoms with Gasteiger partial charge in [0.15, 0.2) is 11.5 Å². The molecule has 0 atom stereocenters. The van der Waals surface area contributed by atoms with Crippen LogP contribution in [0.15, 0.2) is 47.0 Å². The third-order valence-corrected chi connectivity index (χ3v) is 5.37. The highest BCUT2D eigenvalue weighted by molar-refractivity contribution is 5.60. The van der Waals surface area contributed by atoms with Crippen LogP contribution in [-0.4, -0.2) is 37.4 Å². The van der Waals surface area contributed by atoms with Gasteiger partial charge in [-0.2, -0.15) is 4.98 Å². The fraction of sp³-hybridized carbons (Fsp3) is 0.391. The highest BCUT2D eigenvalue weighted by atomic mass is 16.5. The SMILES string of the molecule is COc1ccc(Cc2nc(-c3ccc(N4CCCCCC4)cc3)no2)cc1OC. The predicted octanol–water partition coefficient (Wildman–Crippen LogP) is 4.73. The summed E-state index contributed by atoms with van der Waals surface area (Å²) < 4.78 is 16.1. The molecule has 1 aliphatic heterocycles. The number of ether oxygens (including phenoxy) is 2. The van der Waals surface area contributed by atoms with Gasteiger partial charge in [-0.15, -0.1) is 0 Å². The summed E-state index contributed by atoms with van der Waals surface area (Å²) in [4.78, 5) is 7.04. The van der Waals surface area contributed by atoms with Crippen LogP contribution >= 0.6 is 0 Å². The van der Waals surface area contributed by atoms with Crippen LogP contribution in [-0.2, 0) is 6.42 Å². The lowest BCUT2D eigenvalue weighted by atomic mass is 10.1. The van der Waals surface area contributed by atoms with Gasteiger partial charge in [-0.3, -0.25) is 0 Å². The summed E-state index contributed by atoms with van der Waals surface area (Å²) in [6, 6.07) is 14.2. The van der Waals surface area contributed by atoms with Crippen LogP contribution in [0.5, 0.6) is 11.5 Å². The van der Waals surface area contributed by atoms with Gasteiger partial charge in [0.1, 0.15) is 0 Å². The maximum Gasteiger partial charge on any atom is 0.231 e. The number of benzene rings is 2. The Bertz CT molecular complexity index is 929. The quantitative estimate of drug-likeness (QED) is 0.604. The van der Waals surface area contributed by atoms with Gasteiger partial charge in [0, 0.05) is 24.3 Å². The summed E-state index contributed by atoms with van der Waals surface area (Å²) >= 11 is 0. The van der Waals surface area contributed by atoms with Crippen molar-refractivity contribution in [3.63, 3.8) is 0 Å². The third kappa shape index (κ3) is 4.53. The van der Waals surface area contributed by atoms with Crippen molar-refractivity contribution in [3.05, 3.63) is 53.9 Å². The maximum absolute atomic E-state index is 5.47. The molecule has 2 aromatic carbocycles. The van der Waals surface area contributed by atoms with Gasteiger partial charge >= 0.3 is 0 Å². The minimum absolute atomic E-state index is 0.541. The van der Waals surface area contributed by atoms with Gasteiger partial charge in [0.25, 0.3) is 0 Å². The molecule has 4 rings (SSSR count). The van der Waals surface area contributed by atoms with E-state index in [0.29, 0.717) is 29.6 Å². The van der Waals surface area contributed by atoms with Crippen LogP contribution in [0.2, 0.25) is 0 Å². The fourth-order valence-corrected chi connectivity index (χ4v) is 3.76. The first-order valence-corrected chi connectivity index (χ1v) is 10.2. The Kier molecular flexibility index (Phi) is 5.98. The standard InChI is InChI=1S/C23H27N3O3/c1-27-20-12-7-17(15-21(20)28-2)16-22-24-23(25-29-22)18-8-10-19(11-9-18)26-13-5-3-4-6-14-26/h7-12,15H,3-6,13-14,16H2,1-2H3. The lowest BCUT2D eigenvalue weighted by molar-refractivity contribution is 0.354. The number of aromatic nitrogens is 2. The average molecular weight is 393 g/mol. The lowest BCUT2D eigenvalue weighted by Gasteiger charge is -2.22. The van der Waals surface area contributed by atoms with Crippen LogP contribution < -0.4 is 14.4 Å². The van der Waals surface area contributed by atoms with Crippen LogP contribution in [0.25, 0.3) is 11.4 Å². The molecule has 3 aromatic rings. The summed E-state index contributed by atoms with van der Waals surface area (Å²) in [5.74, 6) is 2.58. The molecule has 1 aromatic heterocycles. The molecule has 6 heteroatoms. The molecule has 0 bridgehead atoms. The molecule has 0 aliphatic carbocycles. The summed E-state index contributed by atoms with van der Waals surface area (Å²) in [5.41, 5.74) is 3.25.